The van der Waals surface area contributed by atoms with Gasteiger partial charge in [-0.25, -0.2) is 0 Å². The number of nitrogens with zero attached hydrogens (tertiary/aromatic N) is 2. The summed E-state index contributed by atoms with van der Waals surface area (Å²) in [7, 11) is 0. The number of benzene rings is 1. The van der Waals surface area contributed by atoms with E-state index in [1.807, 2.05) is 6.07 Å². The highest BCUT2D eigenvalue weighted by Gasteiger charge is 2.42. The summed E-state index contributed by atoms with van der Waals surface area (Å²) in [4.78, 5) is 12.3. The molecular formula is C18H12F3N2O. The van der Waals surface area contributed by atoms with E-state index in [0.717, 1.165) is 6.08 Å². The summed E-state index contributed by atoms with van der Waals surface area (Å²) in [6, 6.07) is 8.90. The van der Waals surface area contributed by atoms with Crippen LogP contribution in [0.15, 0.2) is 41.5 Å². The summed E-state index contributed by atoms with van der Waals surface area (Å²) < 4.78 is 40.5. The van der Waals surface area contributed by atoms with E-state index in [-0.39, 0.29) is 22.3 Å². The molecule has 0 N–H and O–H groups in total. The van der Waals surface area contributed by atoms with E-state index >= 15 is 0 Å². The Balaban J connectivity index is 2.73. The topological polar surface area (TPSA) is 64.7 Å². The number of ketones is 1. The molecule has 0 saturated heterocycles. The van der Waals surface area contributed by atoms with Crippen molar-refractivity contribution in [3.63, 3.8) is 0 Å². The average molecular weight is 329 g/mol. The normalized spacial score (nSPS) is 18.0. The Bertz CT molecular complexity index is 803. The van der Waals surface area contributed by atoms with Crippen molar-refractivity contribution in [1.29, 1.82) is 10.5 Å². The van der Waals surface area contributed by atoms with E-state index in [2.05, 4.69) is 0 Å². The van der Waals surface area contributed by atoms with Crippen LogP contribution in [-0.4, -0.2) is 12.0 Å². The molecule has 3 nitrogen and oxygen atoms in total. The van der Waals surface area contributed by atoms with Crippen molar-refractivity contribution < 1.29 is 18.0 Å². The summed E-state index contributed by atoms with van der Waals surface area (Å²) in [5.74, 6) is -2.18. The first-order valence-corrected chi connectivity index (χ1v) is 7.14. The zero-order chi connectivity index (χ0) is 17.9. The summed E-state index contributed by atoms with van der Waals surface area (Å²) in [5, 5.41) is 18.1. The maximum absolute atomic E-state index is 13.5. The number of rotatable bonds is 3. The molecule has 121 valence electrons. The zero-order valence-electron chi connectivity index (χ0n) is 12.7. The number of hydrogen-bond acceptors (Lipinski definition) is 3. The van der Waals surface area contributed by atoms with Crippen molar-refractivity contribution in [2.45, 2.75) is 19.5 Å². The van der Waals surface area contributed by atoms with Crippen molar-refractivity contribution in [2.75, 3.05) is 0 Å². The molecule has 1 aliphatic carbocycles. The maximum atomic E-state index is 13.5. The molecule has 0 heterocycles. The van der Waals surface area contributed by atoms with Gasteiger partial charge in [0.25, 0.3) is 0 Å². The second-order valence-corrected chi connectivity index (χ2v) is 5.15. The van der Waals surface area contributed by atoms with E-state index in [0.29, 0.717) is 6.42 Å². The predicted molar refractivity (Wildman–Crippen MR) is 80.9 cm³/mol. The number of allylic oxidation sites excluding steroid dienone is 4. The zero-order valence-corrected chi connectivity index (χ0v) is 12.7. The van der Waals surface area contributed by atoms with E-state index in [1.165, 1.54) is 30.7 Å². The van der Waals surface area contributed by atoms with Crippen molar-refractivity contribution in [3.8, 4) is 12.1 Å². The number of hydrogen-bond donors (Lipinski definition) is 0. The van der Waals surface area contributed by atoms with Crippen LogP contribution in [0.4, 0.5) is 13.2 Å². The highest BCUT2D eigenvalue weighted by atomic mass is 19.4. The lowest BCUT2D eigenvalue weighted by atomic mass is 9.78. The number of carbonyl (C=O) groups excluding carboxylic acids is 1. The molecule has 1 radical (unpaired) electrons. The fourth-order valence-electron chi connectivity index (χ4n) is 2.54. The van der Waals surface area contributed by atoms with Gasteiger partial charge in [0.15, 0.2) is 5.78 Å². The quantitative estimate of drug-likeness (QED) is 0.837. The van der Waals surface area contributed by atoms with Crippen LogP contribution >= 0.6 is 0 Å². The van der Waals surface area contributed by atoms with Gasteiger partial charge in [-0.05, 0) is 42.2 Å². The molecule has 1 atom stereocenters. The van der Waals surface area contributed by atoms with Gasteiger partial charge in [-0.2, -0.15) is 23.7 Å². The number of alkyl halides is 3. The van der Waals surface area contributed by atoms with Crippen LogP contribution in [0.5, 0.6) is 0 Å². The molecule has 24 heavy (non-hydrogen) atoms. The van der Waals surface area contributed by atoms with E-state index in [4.69, 9.17) is 5.26 Å². The first-order valence-electron chi connectivity index (χ1n) is 7.14. The minimum Gasteiger partial charge on any atom is -0.293 e. The number of carbonyl (C=O) groups is 1. The molecule has 1 aliphatic rings. The Hall–Kier alpha value is -2.86. The molecule has 0 amide bonds. The average Bonchev–Trinajstić information content (AvgIpc) is 2.55. The van der Waals surface area contributed by atoms with Crippen molar-refractivity contribution in [3.05, 3.63) is 59.0 Å². The fraction of sp³-hybridized carbons (Fsp3) is 0.222. The Morgan fingerprint density at radius 3 is 2.29 bits per heavy atom. The fourth-order valence-corrected chi connectivity index (χ4v) is 2.54. The molecule has 2 rings (SSSR count). The summed E-state index contributed by atoms with van der Waals surface area (Å²) in [6.45, 7) is 1.70. The third-order valence-corrected chi connectivity index (χ3v) is 3.61. The second-order valence-electron chi connectivity index (χ2n) is 5.15. The van der Waals surface area contributed by atoms with Crippen LogP contribution in [0, 0.1) is 35.0 Å². The maximum Gasteiger partial charge on any atom is 0.416 e. The van der Waals surface area contributed by atoms with E-state index < -0.39 is 23.5 Å². The lowest BCUT2D eigenvalue weighted by Crippen LogP contribution is -2.27. The standard InChI is InChI=1S/C18H12F3N2O/c1-2-3-13-8-15(18(19,20)21)16(14(10-23)17(13)24)12-6-4-11(9-22)5-7-12/h3-8,14H,2H2,1H3. The predicted octanol–water partition coefficient (Wildman–Crippen LogP) is 4.14. The van der Waals surface area contributed by atoms with Crippen LogP contribution in [0.25, 0.3) is 5.57 Å². The van der Waals surface area contributed by atoms with E-state index in [1.54, 1.807) is 13.0 Å². The second kappa shape index (κ2) is 6.72. The first kappa shape index (κ1) is 17.5. The highest BCUT2D eigenvalue weighted by Crippen LogP contribution is 2.42. The van der Waals surface area contributed by atoms with Gasteiger partial charge in [0, 0.05) is 5.57 Å². The minimum atomic E-state index is -4.70. The molecule has 0 aromatic heterocycles. The van der Waals surface area contributed by atoms with Gasteiger partial charge < -0.3 is 0 Å². The Morgan fingerprint density at radius 1 is 1.21 bits per heavy atom. The number of nitriles is 2. The molecule has 6 heteroatoms. The summed E-state index contributed by atoms with van der Waals surface area (Å²) >= 11 is 0. The van der Waals surface area contributed by atoms with Gasteiger partial charge in [0.2, 0.25) is 0 Å². The first-order chi connectivity index (χ1) is 11.3. The SMILES string of the molecule is CC[CH]C1=CC(C(F)(F)F)=C(c2ccc(C#N)cc2)C(C#N)C1=O. The molecular weight excluding hydrogens is 317 g/mol. The van der Waals surface area contributed by atoms with Crippen LogP contribution in [0.1, 0.15) is 24.5 Å². The van der Waals surface area contributed by atoms with Crippen LogP contribution in [-0.2, 0) is 4.79 Å². The van der Waals surface area contributed by atoms with Gasteiger partial charge >= 0.3 is 6.18 Å². The lowest BCUT2D eigenvalue weighted by molar-refractivity contribution is -0.116. The molecule has 0 saturated carbocycles. The van der Waals surface area contributed by atoms with Gasteiger partial charge in [0.05, 0.1) is 23.3 Å². The Morgan fingerprint density at radius 2 is 1.83 bits per heavy atom. The molecule has 0 aliphatic heterocycles. The Labute approximate surface area is 137 Å². The van der Waals surface area contributed by atoms with Crippen LogP contribution in [0.2, 0.25) is 0 Å². The minimum absolute atomic E-state index is 0.103. The summed E-state index contributed by atoms with van der Waals surface area (Å²) in [5.41, 5.74) is -1.09. The number of halogens is 3. The lowest BCUT2D eigenvalue weighted by Gasteiger charge is -2.25. The third-order valence-electron chi connectivity index (χ3n) is 3.61. The molecule has 0 bridgehead atoms. The van der Waals surface area contributed by atoms with Gasteiger partial charge in [-0.1, -0.05) is 19.1 Å². The van der Waals surface area contributed by atoms with Crippen LogP contribution in [0.3, 0.4) is 0 Å². The van der Waals surface area contributed by atoms with Crippen LogP contribution < -0.4 is 0 Å². The van der Waals surface area contributed by atoms with Gasteiger partial charge in [0.1, 0.15) is 5.92 Å². The smallest absolute Gasteiger partial charge is 0.293 e. The summed E-state index contributed by atoms with van der Waals surface area (Å²) in [6.07, 6.45) is -2.14. The molecule has 0 fully saturated rings. The monoisotopic (exact) mass is 329 g/mol. The molecule has 1 unspecified atom stereocenters. The molecule has 0 spiro atoms. The van der Waals surface area contributed by atoms with E-state index in [9.17, 15) is 23.2 Å². The molecule has 1 aromatic carbocycles. The van der Waals surface area contributed by atoms with Crippen molar-refractivity contribution in [1.82, 2.24) is 0 Å². The molecule has 1 aromatic rings. The Kier molecular flexibility index (Phi) is 4.90. The van der Waals surface area contributed by atoms with Gasteiger partial charge in [-0.3, -0.25) is 4.79 Å². The van der Waals surface area contributed by atoms with Crippen molar-refractivity contribution >= 4 is 11.4 Å². The number of Topliss-reactive ketones (excluding diaryl/α,β-unsaturated/α-hetero) is 1. The van der Waals surface area contributed by atoms with Gasteiger partial charge in [-0.15, -0.1) is 0 Å². The highest BCUT2D eigenvalue weighted by molar-refractivity contribution is 6.11. The largest absolute Gasteiger partial charge is 0.416 e. The third kappa shape index (κ3) is 3.23. The van der Waals surface area contributed by atoms with Crippen molar-refractivity contribution in [2.24, 2.45) is 5.92 Å².